The summed E-state index contributed by atoms with van der Waals surface area (Å²) in [6.07, 6.45) is 0. The van der Waals surface area contributed by atoms with Crippen molar-refractivity contribution >= 4 is 31.9 Å². The highest BCUT2D eigenvalue weighted by atomic mass is 79.9. The number of nitrogens with two attached hydrogens (primary N) is 1. The van der Waals surface area contributed by atoms with Crippen LogP contribution < -0.4 is 15.2 Å². The van der Waals surface area contributed by atoms with Gasteiger partial charge in [0.2, 0.25) is 0 Å². The van der Waals surface area contributed by atoms with Crippen LogP contribution in [0.4, 0.5) is 0 Å². The summed E-state index contributed by atoms with van der Waals surface area (Å²) < 4.78 is 12.8. The summed E-state index contributed by atoms with van der Waals surface area (Å²) in [6, 6.07) is 9.61. The number of rotatable bonds is 4. The van der Waals surface area contributed by atoms with Crippen LogP contribution in [0.3, 0.4) is 0 Å². The molecule has 0 unspecified atom stereocenters. The lowest BCUT2D eigenvalue weighted by molar-refractivity contribution is 0.409. The number of halogens is 2. The highest BCUT2D eigenvalue weighted by Crippen LogP contribution is 2.38. The van der Waals surface area contributed by atoms with Gasteiger partial charge in [-0.1, -0.05) is 6.07 Å². The Bertz CT molecular complexity index is 630. The molecule has 3 nitrogen and oxygen atoms in total. The Hall–Kier alpha value is -1.04. The second-order valence-electron chi connectivity index (χ2n) is 4.31. The Morgan fingerprint density at radius 2 is 1.70 bits per heavy atom. The third-order valence-corrected chi connectivity index (χ3v) is 4.21. The average molecular weight is 401 g/mol. The zero-order valence-corrected chi connectivity index (χ0v) is 14.4. The first-order valence-corrected chi connectivity index (χ1v) is 7.64. The quantitative estimate of drug-likeness (QED) is 0.803. The molecule has 2 N–H and O–H groups in total. The normalized spacial score (nSPS) is 10.4. The fourth-order valence-corrected chi connectivity index (χ4v) is 2.72. The number of methoxy groups -OCH3 is 1. The van der Waals surface area contributed by atoms with Crippen molar-refractivity contribution in [3.8, 4) is 17.2 Å². The van der Waals surface area contributed by atoms with Crippen LogP contribution in [-0.2, 0) is 6.54 Å². The lowest BCUT2D eigenvalue weighted by Gasteiger charge is -2.12. The Morgan fingerprint density at radius 1 is 1.05 bits per heavy atom. The molecule has 20 heavy (non-hydrogen) atoms. The number of hydrogen-bond acceptors (Lipinski definition) is 3. The molecule has 0 aromatic heterocycles. The van der Waals surface area contributed by atoms with E-state index in [1.165, 1.54) is 0 Å². The molecular weight excluding hydrogens is 386 g/mol. The second-order valence-corrected chi connectivity index (χ2v) is 6.02. The zero-order valence-electron chi connectivity index (χ0n) is 11.2. The van der Waals surface area contributed by atoms with Crippen LogP contribution in [0, 0.1) is 6.92 Å². The molecule has 0 aliphatic carbocycles. The van der Waals surface area contributed by atoms with E-state index in [1.807, 2.05) is 37.3 Å². The van der Waals surface area contributed by atoms with Crippen LogP contribution in [0.5, 0.6) is 17.2 Å². The van der Waals surface area contributed by atoms with E-state index >= 15 is 0 Å². The van der Waals surface area contributed by atoms with Crippen molar-refractivity contribution in [3.05, 3.63) is 50.4 Å². The van der Waals surface area contributed by atoms with Crippen molar-refractivity contribution in [1.82, 2.24) is 0 Å². The van der Waals surface area contributed by atoms with Crippen LogP contribution in [0.25, 0.3) is 0 Å². The van der Waals surface area contributed by atoms with Gasteiger partial charge in [-0.15, -0.1) is 0 Å². The van der Waals surface area contributed by atoms with Gasteiger partial charge in [-0.3, -0.25) is 0 Å². The van der Waals surface area contributed by atoms with Crippen molar-refractivity contribution in [1.29, 1.82) is 0 Å². The summed E-state index contributed by atoms with van der Waals surface area (Å²) >= 11 is 6.93. The van der Waals surface area contributed by atoms with Crippen molar-refractivity contribution < 1.29 is 9.47 Å². The van der Waals surface area contributed by atoms with Crippen LogP contribution in [-0.4, -0.2) is 7.11 Å². The van der Waals surface area contributed by atoms with Gasteiger partial charge < -0.3 is 15.2 Å². The summed E-state index contributed by atoms with van der Waals surface area (Å²) in [5.74, 6) is 2.24. The van der Waals surface area contributed by atoms with Crippen molar-refractivity contribution in [2.75, 3.05) is 7.11 Å². The molecule has 2 rings (SSSR count). The van der Waals surface area contributed by atoms with E-state index in [1.54, 1.807) is 7.11 Å². The topological polar surface area (TPSA) is 44.5 Å². The van der Waals surface area contributed by atoms with E-state index in [0.29, 0.717) is 6.54 Å². The fourth-order valence-electron chi connectivity index (χ4n) is 1.83. The van der Waals surface area contributed by atoms with E-state index in [0.717, 1.165) is 37.3 Å². The van der Waals surface area contributed by atoms with Crippen molar-refractivity contribution in [2.45, 2.75) is 13.5 Å². The van der Waals surface area contributed by atoms with Crippen molar-refractivity contribution in [3.63, 3.8) is 0 Å². The highest BCUT2D eigenvalue weighted by Gasteiger charge is 2.09. The van der Waals surface area contributed by atoms with Gasteiger partial charge in [0.05, 0.1) is 16.1 Å². The monoisotopic (exact) mass is 399 g/mol. The molecule has 0 spiro atoms. The summed E-state index contributed by atoms with van der Waals surface area (Å²) in [5.41, 5.74) is 7.90. The Morgan fingerprint density at radius 3 is 2.30 bits per heavy atom. The van der Waals surface area contributed by atoms with E-state index in [9.17, 15) is 0 Å². The first-order valence-electron chi connectivity index (χ1n) is 6.05. The minimum absolute atomic E-state index is 0.532. The molecule has 2 aromatic carbocycles. The van der Waals surface area contributed by atoms with E-state index in [4.69, 9.17) is 15.2 Å². The molecule has 0 bridgehead atoms. The molecule has 5 heteroatoms. The fraction of sp³-hybridized carbons (Fsp3) is 0.200. The molecule has 0 radical (unpaired) electrons. The maximum absolute atomic E-state index is 5.90. The molecule has 0 saturated heterocycles. The first kappa shape index (κ1) is 15.4. The number of ether oxygens (including phenoxy) is 2. The smallest absolute Gasteiger partial charge is 0.143 e. The van der Waals surface area contributed by atoms with Crippen LogP contribution in [0.2, 0.25) is 0 Å². The third kappa shape index (κ3) is 3.34. The highest BCUT2D eigenvalue weighted by molar-refractivity contribution is 9.11. The summed E-state index contributed by atoms with van der Waals surface area (Å²) in [7, 11) is 1.63. The molecule has 106 valence electrons. The molecule has 0 saturated carbocycles. The van der Waals surface area contributed by atoms with Crippen molar-refractivity contribution in [2.24, 2.45) is 5.73 Å². The predicted molar refractivity (Wildman–Crippen MR) is 87.5 cm³/mol. The molecule has 0 aliphatic rings. The predicted octanol–water partition coefficient (Wildman–Crippen LogP) is 4.78. The molecule has 0 aliphatic heterocycles. The lowest BCUT2D eigenvalue weighted by Crippen LogP contribution is -1.99. The lowest BCUT2D eigenvalue weighted by atomic mass is 10.1. The first-order chi connectivity index (χ1) is 9.55. The molecule has 2 aromatic rings. The van der Waals surface area contributed by atoms with Crippen LogP contribution >= 0.6 is 31.9 Å². The second kappa shape index (κ2) is 6.61. The van der Waals surface area contributed by atoms with Gasteiger partial charge in [-0.2, -0.15) is 0 Å². The van der Waals surface area contributed by atoms with Crippen LogP contribution in [0.15, 0.2) is 39.3 Å². The van der Waals surface area contributed by atoms with E-state index in [2.05, 4.69) is 31.9 Å². The summed E-state index contributed by atoms with van der Waals surface area (Å²) in [6.45, 7) is 2.55. The van der Waals surface area contributed by atoms with Gasteiger partial charge in [0.15, 0.2) is 0 Å². The maximum atomic E-state index is 5.90. The minimum atomic E-state index is 0.532. The van der Waals surface area contributed by atoms with Gasteiger partial charge in [-0.05, 0) is 74.2 Å². The van der Waals surface area contributed by atoms with Gasteiger partial charge in [0.1, 0.15) is 17.2 Å². The average Bonchev–Trinajstić information content (AvgIpc) is 2.42. The molecule has 0 fully saturated rings. The number of hydrogen-bond donors (Lipinski definition) is 1. The molecule has 0 atom stereocenters. The zero-order chi connectivity index (χ0) is 14.7. The van der Waals surface area contributed by atoms with E-state index < -0.39 is 0 Å². The Labute approximate surface area is 135 Å². The molecule has 0 heterocycles. The van der Waals surface area contributed by atoms with Gasteiger partial charge in [0, 0.05) is 6.54 Å². The largest absolute Gasteiger partial charge is 0.496 e. The van der Waals surface area contributed by atoms with Crippen LogP contribution in [0.1, 0.15) is 11.1 Å². The molecule has 0 amide bonds. The Balaban J connectivity index is 2.30. The van der Waals surface area contributed by atoms with Gasteiger partial charge in [0.25, 0.3) is 0 Å². The minimum Gasteiger partial charge on any atom is -0.496 e. The SMILES string of the molecule is COc1cc(Br)c(Oc2ccc(CN)c(C)c2)cc1Br. The number of aryl methyl sites for hydroxylation is 1. The molecular formula is C15H15Br2NO2. The third-order valence-electron chi connectivity index (χ3n) is 2.97. The summed E-state index contributed by atoms with van der Waals surface area (Å²) in [4.78, 5) is 0. The maximum Gasteiger partial charge on any atom is 0.143 e. The van der Waals surface area contributed by atoms with E-state index in [-0.39, 0.29) is 0 Å². The summed E-state index contributed by atoms with van der Waals surface area (Å²) in [5, 5.41) is 0. The van der Waals surface area contributed by atoms with Gasteiger partial charge >= 0.3 is 0 Å². The standard InChI is InChI=1S/C15H15Br2NO2/c1-9-5-11(4-3-10(9)8-18)20-15-7-12(16)14(19-2)6-13(15)17/h3-7H,8,18H2,1-2H3. The van der Waals surface area contributed by atoms with Gasteiger partial charge in [-0.25, -0.2) is 0 Å². The Kier molecular flexibility index (Phi) is 5.07. The number of benzene rings is 2.